The standard InChI is InChI=1S/C15H24N2O2/c1-4-15(19,5-2)11-16-10-13-6-8-14(9-7-13)17-12(3)18/h6-9,16,19H,4-5,10-11H2,1-3H3,(H,17,18). The molecule has 1 rings (SSSR count). The minimum Gasteiger partial charge on any atom is -0.389 e. The summed E-state index contributed by atoms with van der Waals surface area (Å²) in [6, 6.07) is 7.69. The van der Waals surface area contributed by atoms with Crippen LogP contribution in [0.15, 0.2) is 24.3 Å². The van der Waals surface area contributed by atoms with E-state index in [9.17, 15) is 9.90 Å². The lowest BCUT2D eigenvalue weighted by molar-refractivity contribution is -0.114. The smallest absolute Gasteiger partial charge is 0.221 e. The van der Waals surface area contributed by atoms with E-state index in [4.69, 9.17) is 0 Å². The van der Waals surface area contributed by atoms with E-state index < -0.39 is 5.60 Å². The van der Waals surface area contributed by atoms with E-state index in [0.717, 1.165) is 24.1 Å². The van der Waals surface area contributed by atoms with Crippen molar-refractivity contribution in [1.82, 2.24) is 5.32 Å². The van der Waals surface area contributed by atoms with Gasteiger partial charge in [-0.15, -0.1) is 0 Å². The Hall–Kier alpha value is -1.39. The predicted molar refractivity (Wildman–Crippen MR) is 78.0 cm³/mol. The van der Waals surface area contributed by atoms with Crippen molar-refractivity contribution in [3.8, 4) is 0 Å². The lowest BCUT2D eigenvalue weighted by Crippen LogP contribution is -2.39. The van der Waals surface area contributed by atoms with Crippen LogP contribution in [0.4, 0.5) is 5.69 Å². The van der Waals surface area contributed by atoms with Crippen molar-refractivity contribution in [3.05, 3.63) is 29.8 Å². The number of carbonyl (C=O) groups is 1. The van der Waals surface area contributed by atoms with Crippen molar-refractivity contribution in [1.29, 1.82) is 0 Å². The summed E-state index contributed by atoms with van der Waals surface area (Å²) >= 11 is 0. The topological polar surface area (TPSA) is 61.4 Å². The number of carbonyl (C=O) groups excluding carboxylic acids is 1. The first-order chi connectivity index (χ1) is 8.99. The monoisotopic (exact) mass is 264 g/mol. The quantitative estimate of drug-likeness (QED) is 0.708. The summed E-state index contributed by atoms with van der Waals surface area (Å²) in [5, 5.41) is 16.1. The molecule has 4 nitrogen and oxygen atoms in total. The van der Waals surface area contributed by atoms with E-state index in [1.54, 1.807) is 0 Å². The molecule has 0 fully saturated rings. The third-order valence-corrected chi connectivity index (χ3v) is 3.37. The van der Waals surface area contributed by atoms with Crippen molar-refractivity contribution < 1.29 is 9.90 Å². The summed E-state index contributed by atoms with van der Waals surface area (Å²) in [5.74, 6) is -0.0677. The van der Waals surface area contributed by atoms with Crippen LogP contribution in [0.5, 0.6) is 0 Å². The van der Waals surface area contributed by atoms with Crippen LogP contribution in [0.3, 0.4) is 0 Å². The number of aliphatic hydroxyl groups is 1. The second-order valence-corrected chi connectivity index (χ2v) is 4.91. The molecule has 0 aliphatic heterocycles. The molecular weight excluding hydrogens is 240 g/mol. The summed E-state index contributed by atoms with van der Waals surface area (Å²) in [4.78, 5) is 10.9. The van der Waals surface area contributed by atoms with Crippen LogP contribution in [-0.2, 0) is 11.3 Å². The van der Waals surface area contributed by atoms with Crippen LogP contribution in [0.2, 0.25) is 0 Å². The molecule has 106 valence electrons. The Labute approximate surface area is 115 Å². The van der Waals surface area contributed by atoms with Crippen LogP contribution in [0.1, 0.15) is 39.2 Å². The van der Waals surface area contributed by atoms with Gasteiger partial charge in [-0.05, 0) is 30.5 Å². The van der Waals surface area contributed by atoms with Gasteiger partial charge in [-0.3, -0.25) is 4.79 Å². The molecule has 0 aliphatic carbocycles. The summed E-state index contributed by atoms with van der Waals surface area (Å²) < 4.78 is 0. The van der Waals surface area contributed by atoms with Gasteiger partial charge in [0.2, 0.25) is 5.91 Å². The van der Waals surface area contributed by atoms with Crippen molar-refractivity contribution >= 4 is 11.6 Å². The van der Waals surface area contributed by atoms with Gasteiger partial charge in [0.1, 0.15) is 0 Å². The molecule has 0 saturated carbocycles. The van der Waals surface area contributed by atoms with E-state index in [-0.39, 0.29) is 5.91 Å². The minimum atomic E-state index is -0.615. The highest BCUT2D eigenvalue weighted by Gasteiger charge is 2.20. The fourth-order valence-corrected chi connectivity index (χ4v) is 1.85. The summed E-state index contributed by atoms with van der Waals surface area (Å²) in [5.41, 5.74) is 1.31. The zero-order chi connectivity index (χ0) is 14.3. The Morgan fingerprint density at radius 3 is 2.26 bits per heavy atom. The lowest BCUT2D eigenvalue weighted by Gasteiger charge is -2.25. The molecule has 0 aliphatic rings. The molecule has 19 heavy (non-hydrogen) atoms. The molecule has 0 atom stereocenters. The van der Waals surface area contributed by atoms with E-state index in [1.165, 1.54) is 6.92 Å². The van der Waals surface area contributed by atoms with E-state index in [1.807, 2.05) is 38.1 Å². The number of hydrogen-bond acceptors (Lipinski definition) is 3. The third-order valence-electron chi connectivity index (χ3n) is 3.37. The molecule has 3 N–H and O–H groups in total. The summed E-state index contributed by atoms with van der Waals surface area (Å²) in [6.45, 7) is 6.78. The number of anilines is 1. The minimum absolute atomic E-state index is 0.0677. The lowest BCUT2D eigenvalue weighted by atomic mass is 9.97. The zero-order valence-electron chi connectivity index (χ0n) is 12.0. The van der Waals surface area contributed by atoms with Crippen LogP contribution >= 0.6 is 0 Å². The van der Waals surface area contributed by atoms with Gasteiger partial charge < -0.3 is 15.7 Å². The van der Waals surface area contributed by atoms with Gasteiger partial charge in [0.05, 0.1) is 5.60 Å². The van der Waals surface area contributed by atoms with E-state index >= 15 is 0 Å². The first kappa shape index (κ1) is 15.7. The zero-order valence-corrected chi connectivity index (χ0v) is 12.0. The second-order valence-electron chi connectivity index (χ2n) is 4.91. The van der Waals surface area contributed by atoms with Gasteiger partial charge in [0, 0.05) is 25.7 Å². The van der Waals surface area contributed by atoms with Gasteiger partial charge in [0.15, 0.2) is 0 Å². The van der Waals surface area contributed by atoms with Crippen LogP contribution in [0.25, 0.3) is 0 Å². The molecule has 0 spiro atoms. The van der Waals surface area contributed by atoms with Gasteiger partial charge in [-0.2, -0.15) is 0 Å². The van der Waals surface area contributed by atoms with E-state index in [0.29, 0.717) is 13.1 Å². The Balaban J connectivity index is 2.44. The molecule has 1 amide bonds. The normalized spacial score (nSPS) is 11.4. The number of amides is 1. The Bertz CT molecular complexity index is 397. The van der Waals surface area contributed by atoms with Gasteiger partial charge in [-0.25, -0.2) is 0 Å². The number of rotatable bonds is 7. The third kappa shape index (κ3) is 5.41. The van der Waals surface area contributed by atoms with E-state index in [2.05, 4.69) is 10.6 Å². The van der Waals surface area contributed by atoms with Crippen molar-refractivity contribution in [3.63, 3.8) is 0 Å². The van der Waals surface area contributed by atoms with Crippen molar-refractivity contribution in [2.45, 2.75) is 45.8 Å². The molecule has 4 heteroatoms. The first-order valence-electron chi connectivity index (χ1n) is 6.78. The molecule has 0 bridgehead atoms. The predicted octanol–water partition coefficient (Wildman–Crippen LogP) is 2.29. The molecule has 0 heterocycles. The van der Waals surface area contributed by atoms with Crippen LogP contribution in [-0.4, -0.2) is 23.2 Å². The highest BCUT2D eigenvalue weighted by molar-refractivity contribution is 5.88. The van der Waals surface area contributed by atoms with Crippen molar-refractivity contribution in [2.24, 2.45) is 0 Å². The molecular formula is C15H24N2O2. The average molecular weight is 264 g/mol. The van der Waals surface area contributed by atoms with Gasteiger partial charge in [-0.1, -0.05) is 26.0 Å². The number of hydrogen-bond donors (Lipinski definition) is 3. The fourth-order valence-electron chi connectivity index (χ4n) is 1.85. The largest absolute Gasteiger partial charge is 0.389 e. The van der Waals surface area contributed by atoms with Crippen LogP contribution < -0.4 is 10.6 Å². The fraction of sp³-hybridized carbons (Fsp3) is 0.533. The summed E-state index contributed by atoms with van der Waals surface area (Å²) in [7, 11) is 0. The average Bonchev–Trinajstić information content (AvgIpc) is 2.40. The molecule has 1 aromatic rings. The van der Waals surface area contributed by atoms with Crippen molar-refractivity contribution in [2.75, 3.05) is 11.9 Å². The number of nitrogens with one attached hydrogen (secondary N) is 2. The van der Waals surface area contributed by atoms with Gasteiger partial charge >= 0.3 is 0 Å². The SMILES string of the molecule is CCC(O)(CC)CNCc1ccc(NC(C)=O)cc1. The maximum absolute atomic E-state index is 10.9. The Morgan fingerprint density at radius 1 is 1.21 bits per heavy atom. The summed E-state index contributed by atoms with van der Waals surface area (Å²) in [6.07, 6.45) is 1.50. The highest BCUT2D eigenvalue weighted by atomic mass is 16.3. The molecule has 0 saturated heterocycles. The molecule has 0 radical (unpaired) electrons. The highest BCUT2D eigenvalue weighted by Crippen LogP contribution is 2.14. The van der Waals surface area contributed by atoms with Gasteiger partial charge in [0.25, 0.3) is 0 Å². The maximum Gasteiger partial charge on any atom is 0.221 e. The number of benzene rings is 1. The Kier molecular flexibility index (Phi) is 5.99. The first-order valence-corrected chi connectivity index (χ1v) is 6.78. The maximum atomic E-state index is 10.9. The van der Waals surface area contributed by atoms with Crippen LogP contribution in [0, 0.1) is 0 Å². The molecule has 1 aromatic carbocycles. The molecule has 0 unspecified atom stereocenters. The Morgan fingerprint density at radius 2 is 1.79 bits per heavy atom. The second kappa shape index (κ2) is 7.26. The molecule has 0 aromatic heterocycles.